The predicted octanol–water partition coefficient (Wildman–Crippen LogP) is 3.97. The van der Waals surface area contributed by atoms with Crippen LogP contribution >= 0.6 is 11.3 Å². The van der Waals surface area contributed by atoms with Gasteiger partial charge < -0.3 is 5.32 Å². The van der Waals surface area contributed by atoms with Crippen LogP contribution in [0.15, 0.2) is 24.5 Å². The summed E-state index contributed by atoms with van der Waals surface area (Å²) < 4.78 is 39.5. The summed E-state index contributed by atoms with van der Waals surface area (Å²) in [6.45, 7) is 3.74. The van der Waals surface area contributed by atoms with E-state index in [2.05, 4.69) is 20.2 Å². The van der Waals surface area contributed by atoms with Crippen LogP contribution in [0.2, 0.25) is 0 Å². The highest BCUT2D eigenvalue weighted by atomic mass is 32.1. The number of aromatic nitrogens is 2. The van der Waals surface area contributed by atoms with Crippen LogP contribution in [-0.2, 0) is 23.9 Å². The number of nitrogens with one attached hydrogen (secondary N) is 1. The molecule has 0 radical (unpaired) electrons. The Morgan fingerprint density at radius 1 is 1.41 bits per heavy atom. The molecule has 1 aliphatic rings. The van der Waals surface area contributed by atoms with E-state index >= 15 is 0 Å². The number of nitrogens with zero attached hydrogens (tertiary/aromatic N) is 3. The summed E-state index contributed by atoms with van der Waals surface area (Å²) in [6.07, 6.45) is 0.944. The van der Waals surface area contributed by atoms with Crippen LogP contribution in [0.4, 0.5) is 18.3 Å². The number of carbonyl (C=O) groups is 1. The van der Waals surface area contributed by atoms with Crippen LogP contribution in [0, 0.1) is 5.92 Å². The highest BCUT2D eigenvalue weighted by Gasteiger charge is 2.34. The SMILES string of the molecule is CC(=O)Nc1ncc(CN2CCCC(Cc3ncccc3C(F)(F)F)C2)s1. The first kappa shape index (κ1) is 19.8. The number of rotatable bonds is 5. The van der Waals surface area contributed by atoms with Gasteiger partial charge in [0.05, 0.1) is 11.3 Å². The van der Waals surface area contributed by atoms with Crippen molar-refractivity contribution in [3.63, 3.8) is 0 Å². The van der Waals surface area contributed by atoms with Crippen molar-refractivity contribution in [2.75, 3.05) is 18.4 Å². The van der Waals surface area contributed by atoms with Crippen molar-refractivity contribution in [3.8, 4) is 0 Å². The smallest absolute Gasteiger partial charge is 0.302 e. The minimum atomic E-state index is -4.37. The van der Waals surface area contributed by atoms with Gasteiger partial charge in [0.25, 0.3) is 0 Å². The molecule has 0 saturated carbocycles. The lowest BCUT2D eigenvalue weighted by Crippen LogP contribution is -2.35. The number of amides is 1. The van der Waals surface area contributed by atoms with Crippen LogP contribution in [0.1, 0.15) is 35.9 Å². The molecule has 27 heavy (non-hydrogen) atoms. The van der Waals surface area contributed by atoms with Gasteiger partial charge in [0.1, 0.15) is 0 Å². The second-order valence-electron chi connectivity index (χ2n) is 6.76. The first-order valence-corrected chi connectivity index (χ1v) is 9.58. The van der Waals surface area contributed by atoms with Gasteiger partial charge in [-0.3, -0.25) is 14.7 Å². The summed E-state index contributed by atoms with van der Waals surface area (Å²) in [4.78, 5) is 22.5. The topological polar surface area (TPSA) is 58.1 Å². The molecule has 1 aliphatic heterocycles. The lowest BCUT2D eigenvalue weighted by Gasteiger charge is -2.32. The number of pyridine rings is 1. The number of piperidine rings is 1. The largest absolute Gasteiger partial charge is 0.418 e. The molecule has 5 nitrogen and oxygen atoms in total. The summed E-state index contributed by atoms with van der Waals surface area (Å²) in [7, 11) is 0. The Hall–Kier alpha value is -2.00. The second kappa shape index (κ2) is 8.35. The van der Waals surface area contributed by atoms with E-state index in [1.165, 1.54) is 30.5 Å². The van der Waals surface area contributed by atoms with Crippen LogP contribution in [0.5, 0.6) is 0 Å². The molecule has 1 unspecified atom stereocenters. The first-order valence-electron chi connectivity index (χ1n) is 8.77. The monoisotopic (exact) mass is 398 g/mol. The third-order valence-corrected chi connectivity index (χ3v) is 5.39. The van der Waals surface area contributed by atoms with Gasteiger partial charge in [0, 0.05) is 37.3 Å². The molecule has 2 aromatic rings. The zero-order chi connectivity index (χ0) is 19.4. The Bertz CT molecular complexity index is 793. The molecule has 146 valence electrons. The maximum absolute atomic E-state index is 13.2. The molecule has 0 bridgehead atoms. The minimum absolute atomic E-state index is 0.127. The predicted molar refractivity (Wildman–Crippen MR) is 97.4 cm³/mol. The van der Waals surface area contributed by atoms with Crippen molar-refractivity contribution in [3.05, 3.63) is 40.7 Å². The van der Waals surface area contributed by atoms with E-state index in [0.717, 1.165) is 36.9 Å². The second-order valence-corrected chi connectivity index (χ2v) is 7.87. The Morgan fingerprint density at radius 2 is 2.22 bits per heavy atom. The van der Waals surface area contributed by atoms with E-state index in [9.17, 15) is 18.0 Å². The van der Waals surface area contributed by atoms with Crippen LogP contribution in [0.3, 0.4) is 0 Å². The number of thiazole rings is 1. The first-order chi connectivity index (χ1) is 12.8. The molecule has 1 atom stereocenters. The molecule has 0 aliphatic carbocycles. The third-order valence-electron chi connectivity index (χ3n) is 4.50. The molecule has 9 heteroatoms. The standard InChI is InChI=1S/C18H21F3N4OS/c1-12(26)24-17-23-9-14(27-17)11-25-7-3-4-13(10-25)8-16-15(18(19,20)21)5-2-6-22-16/h2,5-6,9,13H,3-4,7-8,10-11H2,1H3,(H,23,24,26). The number of anilines is 1. The van der Waals surface area contributed by atoms with Gasteiger partial charge in [-0.2, -0.15) is 13.2 Å². The number of hydrogen-bond acceptors (Lipinski definition) is 5. The van der Waals surface area contributed by atoms with E-state index in [1.807, 2.05) is 0 Å². The Labute approximate surface area is 159 Å². The van der Waals surface area contributed by atoms with E-state index in [4.69, 9.17) is 0 Å². The maximum atomic E-state index is 13.2. The Kier molecular flexibility index (Phi) is 6.11. The van der Waals surface area contributed by atoms with Gasteiger partial charge in [-0.25, -0.2) is 4.98 Å². The molecular formula is C18H21F3N4OS. The van der Waals surface area contributed by atoms with Gasteiger partial charge in [0.15, 0.2) is 5.13 Å². The highest BCUT2D eigenvalue weighted by Crippen LogP contribution is 2.33. The molecule has 0 aromatic carbocycles. The normalized spacial score (nSPS) is 18.4. The zero-order valence-electron chi connectivity index (χ0n) is 14.9. The summed E-state index contributed by atoms with van der Waals surface area (Å²) in [6, 6.07) is 2.43. The van der Waals surface area contributed by atoms with E-state index in [1.54, 1.807) is 6.20 Å². The van der Waals surface area contributed by atoms with Crippen molar-refractivity contribution in [2.24, 2.45) is 5.92 Å². The molecule has 3 rings (SSSR count). The molecule has 1 fully saturated rings. The van der Waals surface area contributed by atoms with Gasteiger partial charge in [-0.1, -0.05) is 0 Å². The summed E-state index contributed by atoms with van der Waals surface area (Å²) >= 11 is 1.42. The third kappa shape index (κ3) is 5.49. The van der Waals surface area contributed by atoms with Crippen LogP contribution in [0.25, 0.3) is 0 Å². The fraction of sp³-hybridized carbons (Fsp3) is 0.500. The number of hydrogen-bond donors (Lipinski definition) is 1. The lowest BCUT2D eigenvalue weighted by atomic mass is 9.91. The molecule has 0 spiro atoms. The highest BCUT2D eigenvalue weighted by molar-refractivity contribution is 7.15. The molecule has 2 aromatic heterocycles. The van der Waals surface area contributed by atoms with Gasteiger partial charge in [-0.05, 0) is 43.9 Å². The van der Waals surface area contributed by atoms with Crippen molar-refractivity contribution >= 4 is 22.4 Å². The van der Waals surface area contributed by atoms with Gasteiger partial charge in [0.2, 0.25) is 5.91 Å². The quantitative estimate of drug-likeness (QED) is 0.828. The lowest BCUT2D eigenvalue weighted by molar-refractivity contribution is -0.138. The maximum Gasteiger partial charge on any atom is 0.418 e. The van der Waals surface area contributed by atoms with Gasteiger partial charge >= 0.3 is 6.18 Å². The number of carbonyl (C=O) groups excluding carboxylic acids is 1. The average molecular weight is 398 g/mol. The molecule has 1 N–H and O–H groups in total. The van der Waals surface area contributed by atoms with Crippen LogP contribution < -0.4 is 5.32 Å². The van der Waals surface area contributed by atoms with Crippen molar-refractivity contribution in [2.45, 2.75) is 38.9 Å². The summed E-state index contributed by atoms with van der Waals surface area (Å²) in [5, 5.41) is 3.22. The molecule has 1 saturated heterocycles. The molecule has 1 amide bonds. The molecule has 3 heterocycles. The Morgan fingerprint density at radius 3 is 2.96 bits per heavy atom. The summed E-state index contributed by atoms with van der Waals surface area (Å²) in [5.74, 6) is -0.0257. The fourth-order valence-electron chi connectivity index (χ4n) is 3.40. The van der Waals surface area contributed by atoms with Crippen molar-refractivity contribution in [1.82, 2.24) is 14.9 Å². The van der Waals surface area contributed by atoms with E-state index < -0.39 is 11.7 Å². The summed E-state index contributed by atoms with van der Waals surface area (Å²) in [5.41, 5.74) is -0.507. The minimum Gasteiger partial charge on any atom is -0.302 e. The van der Waals surface area contributed by atoms with Crippen molar-refractivity contribution < 1.29 is 18.0 Å². The number of likely N-dealkylation sites (tertiary alicyclic amines) is 1. The molecular weight excluding hydrogens is 377 g/mol. The Balaban J connectivity index is 1.62. The zero-order valence-corrected chi connectivity index (χ0v) is 15.7. The van der Waals surface area contributed by atoms with E-state index in [0.29, 0.717) is 18.1 Å². The average Bonchev–Trinajstić information content (AvgIpc) is 3.01. The van der Waals surface area contributed by atoms with Crippen LogP contribution in [-0.4, -0.2) is 33.9 Å². The number of halogens is 3. The van der Waals surface area contributed by atoms with Gasteiger partial charge in [-0.15, -0.1) is 11.3 Å². The fourth-order valence-corrected chi connectivity index (χ4v) is 4.30. The number of alkyl halides is 3. The van der Waals surface area contributed by atoms with E-state index in [-0.39, 0.29) is 17.5 Å². The van der Waals surface area contributed by atoms with Crippen molar-refractivity contribution in [1.29, 1.82) is 0 Å².